The smallest absolute Gasteiger partial charge is 0.0419 e. The van der Waals surface area contributed by atoms with Gasteiger partial charge in [0.2, 0.25) is 0 Å². The van der Waals surface area contributed by atoms with E-state index in [1.807, 2.05) is 0 Å². The highest BCUT2D eigenvalue weighted by atomic mass is 79.9. The largest absolute Gasteiger partial charge is 0.385 e. The molecule has 0 unspecified atom stereocenters. The molecule has 0 amide bonds. The highest BCUT2D eigenvalue weighted by Crippen LogP contribution is 2.22. The zero-order valence-electron chi connectivity index (χ0n) is 8.95. The van der Waals surface area contributed by atoms with Gasteiger partial charge in [-0.2, -0.15) is 0 Å². The van der Waals surface area contributed by atoms with Crippen LogP contribution in [-0.2, 0) is 0 Å². The Balaban J connectivity index is 0.00000128. The van der Waals surface area contributed by atoms with Crippen LogP contribution in [0.25, 0.3) is 10.8 Å². The van der Waals surface area contributed by atoms with Crippen LogP contribution in [0.15, 0.2) is 42.5 Å². The Labute approximate surface area is 115 Å². The highest BCUT2D eigenvalue weighted by molar-refractivity contribution is 9.09. The predicted molar refractivity (Wildman–Crippen MR) is 81.2 cm³/mol. The fraction of sp³-hybridized carbons (Fsp3) is 0.231. The summed E-state index contributed by atoms with van der Waals surface area (Å²) in [7, 11) is 0. The van der Waals surface area contributed by atoms with Crippen molar-refractivity contribution in [2.45, 2.75) is 6.42 Å². The average Bonchev–Trinajstić information content (AvgIpc) is 2.30. The third-order valence-corrected chi connectivity index (χ3v) is 2.98. The van der Waals surface area contributed by atoms with Gasteiger partial charge in [0.05, 0.1) is 0 Å². The second-order valence-corrected chi connectivity index (χ2v) is 4.29. The maximum atomic E-state index is 3.46. The van der Waals surface area contributed by atoms with Gasteiger partial charge in [0.15, 0.2) is 0 Å². The number of fused-ring (bicyclic) bond motifs is 1. The van der Waals surface area contributed by atoms with E-state index in [2.05, 4.69) is 63.7 Å². The topological polar surface area (TPSA) is 12.0 Å². The van der Waals surface area contributed by atoms with Crippen molar-refractivity contribution in [3.63, 3.8) is 0 Å². The zero-order chi connectivity index (χ0) is 10.5. The fourth-order valence-corrected chi connectivity index (χ4v) is 1.95. The van der Waals surface area contributed by atoms with Crippen molar-refractivity contribution in [2.75, 3.05) is 17.2 Å². The molecule has 2 aromatic carbocycles. The van der Waals surface area contributed by atoms with Gasteiger partial charge >= 0.3 is 0 Å². The Morgan fingerprint density at radius 1 is 1.00 bits per heavy atom. The summed E-state index contributed by atoms with van der Waals surface area (Å²) in [4.78, 5) is 0. The Bertz CT molecular complexity index is 437. The Kier molecular flexibility index (Phi) is 5.85. The molecule has 86 valence electrons. The monoisotopic (exact) mass is 343 g/mol. The lowest BCUT2D eigenvalue weighted by Gasteiger charge is -2.08. The molecule has 0 radical (unpaired) electrons. The van der Waals surface area contributed by atoms with Crippen LogP contribution < -0.4 is 5.32 Å². The predicted octanol–water partition coefficient (Wildman–Crippen LogP) is 4.61. The number of rotatable bonds is 4. The molecule has 3 heteroatoms. The molecule has 0 fully saturated rings. The molecule has 0 aromatic heterocycles. The second-order valence-electron chi connectivity index (χ2n) is 3.50. The number of nitrogens with one attached hydrogen (secondary N) is 1. The van der Waals surface area contributed by atoms with E-state index in [-0.39, 0.29) is 17.0 Å². The normalized spacial score (nSPS) is 9.81. The summed E-state index contributed by atoms with van der Waals surface area (Å²) in [6.07, 6.45) is 1.14. The fourth-order valence-electron chi connectivity index (χ4n) is 1.67. The van der Waals surface area contributed by atoms with Crippen LogP contribution in [-0.4, -0.2) is 11.9 Å². The molecule has 0 aliphatic heterocycles. The van der Waals surface area contributed by atoms with Crippen LogP contribution in [0.2, 0.25) is 0 Å². The summed E-state index contributed by atoms with van der Waals surface area (Å²) < 4.78 is 0. The van der Waals surface area contributed by atoms with E-state index in [0.717, 1.165) is 18.3 Å². The second kappa shape index (κ2) is 6.92. The minimum Gasteiger partial charge on any atom is -0.385 e. The van der Waals surface area contributed by atoms with E-state index in [1.165, 1.54) is 16.5 Å². The van der Waals surface area contributed by atoms with Gasteiger partial charge < -0.3 is 5.32 Å². The van der Waals surface area contributed by atoms with Gasteiger partial charge in [-0.05, 0) is 17.9 Å². The Morgan fingerprint density at radius 2 is 1.75 bits per heavy atom. The average molecular weight is 345 g/mol. The van der Waals surface area contributed by atoms with Crippen LogP contribution >= 0.6 is 32.9 Å². The molecule has 1 N–H and O–H groups in total. The first kappa shape index (κ1) is 13.5. The highest BCUT2D eigenvalue weighted by Gasteiger charge is 1.97. The molecule has 0 heterocycles. The quantitative estimate of drug-likeness (QED) is 0.630. The van der Waals surface area contributed by atoms with E-state index in [9.17, 15) is 0 Å². The van der Waals surface area contributed by atoms with Crippen molar-refractivity contribution in [3.05, 3.63) is 42.5 Å². The molecule has 0 aliphatic rings. The van der Waals surface area contributed by atoms with Crippen LogP contribution in [0, 0.1) is 0 Å². The van der Waals surface area contributed by atoms with Crippen molar-refractivity contribution < 1.29 is 0 Å². The molecule has 0 bridgehead atoms. The summed E-state index contributed by atoms with van der Waals surface area (Å²) in [5.74, 6) is 0. The summed E-state index contributed by atoms with van der Waals surface area (Å²) in [5.41, 5.74) is 1.23. The lowest BCUT2D eigenvalue weighted by molar-refractivity contribution is 1.00. The van der Waals surface area contributed by atoms with Gasteiger partial charge in [0.25, 0.3) is 0 Å². The summed E-state index contributed by atoms with van der Waals surface area (Å²) in [6, 6.07) is 14.8. The number of halogens is 2. The van der Waals surface area contributed by atoms with Gasteiger partial charge in [-0.1, -0.05) is 52.3 Å². The molecular weight excluding hydrogens is 330 g/mol. The molecule has 0 atom stereocenters. The summed E-state index contributed by atoms with van der Waals surface area (Å²) >= 11 is 3.43. The third-order valence-electron chi connectivity index (χ3n) is 2.42. The van der Waals surface area contributed by atoms with E-state index in [4.69, 9.17) is 0 Å². The number of anilines is 1. The van der Waals surface area contributed by atoms with Gasteiger partial charge in [-0.15, -0.1) is 17.0 Å². The Morgan fingerprint density at radius 3 is 2.56 bits per heavy atom. The maximum absolute atomic E-state index is 3.46. The van der Waals surface area contributed by atoms with E-state index in [0.29, 0.717) is 0 Å². The zero-order valence-corrected chi connectivity index (χ0v) is 12.2. The van der Waals surface area contributed by atoms with Crippen LogP contribution in [0.3, 0.4) is 0 Å². The molecule has 16 heavy (non-hydrogen) atoms. The van der Waals surface area contributed by atoms with Crippen LogP contribution in [0.4, 0.5) is 5.69 Å². The van der Waals surface area contributed by atoms with E-state index >= 15 is 0 Å². The molecule has 0 aliphatic carbocycles. The van der Waals surface area contributed by atoms with E-state index in [1.54, 1.807) is 0 Å². The van der Waals surface area contributed by atoms with Gasteiger partial charge in [0, 0.05) is 22.9 Å². The summed E-state index contributed by atoms with van der Waals surface area (Å²) in [6.45, 7) is 1.01. The number of benzene rings is 2. The SMILES string of the molecule is Br.BrCCCNc1cccc2ccccc12. The molecule has 0 saturated heterocycles. The first-order valence-electron chi connectivity index (χ1n) is 5.19. The third kappa shape index (κ3) is 3.22. The minimum absolute atomic E-state index is 0. The molecule has 2 rings (SSSR count). The molecule has 0 saturated carbocycles. The summed E-state index contributed by atoms with van der Waals surface area (Å²) in [5, 5.41) is 7.10. The molecule has 0 spiro atoms. The van der Waals surface area contributed by atoms with Crippen LogP contribution in [0.5, 0.6) is 0 Å². The number of hydrogen-bond donors (Lipinski definition) is 1. The van der Waals surface area contributed by atoms with Crippen molar-refractivity contribution >= 4 is 49.4 Å². The molecule has 1 nitrogen and oxygen atoms in total. The number of hydrogen-bond acceptors (Lipinski definition) is 1. The van der Waals surface area contributed by atoms with Crippen LogP contribution in [0.1, 0.15) is 6.42 Å². The lowest BCUT2D eigenvalue weighted by atomic mass is 10.1. The molecule has 2 aromatic rings. The van der Waals surface area contributed by atoms with Crippen molar-refractivity contribution in [1.29, 1.82) is 0 Å². The van der Waals surface area contributed by atoms with E-state index < -0.39 is 0 Å². The minimum atomic E-state index is 0. The Hall–Kier alpha value is -0.540. The number of alkyl halides is 1. The van der Waals surface area contributed by atoms with Crippen molar-refractivity contribution in [3.8, 4) is 0 Å². The van der Waals surface area contributed by atoms with Gasteiger partial charge in [-0.3, -0.25) is 0 Å². The van der Waals surface area contributed by atoms with Crippen molar-refractivity contribution in [1.82, 2.24) is 0 Å². The first-order valence-corrected chi connectivity index (χ1v) is 6.31. The van der Waals surface area contributed by atoms with Crippen molar-refractivity contribution in [2.24, 2.45) is 0 Å². The standard InChI is InChI=1S/C13H14BrN.BrH/c14-9-4-10-15-13-8-3-6-11-5-1-2-7-12(11)13;/h1-3,5-8,15H,4,9-10H2;1H. The van der Waals surface area contributed by atoms with Gasteiger partial charge in [-0.25, -0.2) is 0 Å². The van der Waals surface area contributed by atoms with Gasteiger partial charge in [0.1, 0.15) is 0 Å². The lowest BCUT2D eigenvalue weighted by Crippen LogP contribution is -2.01. The first-order chi connectivity index (χ1) is 7.42. The maximum Gasteiger partial charge on any atom is 0.0419 e. The molecular formula is C13H15Br2N.